The number of benzene rings is 2. The molecule has 0 unspecified atom stereocenters. The van der Waals surface area contributed by atoms with E-state index in [1.807, 2.05) is 0 Å². The number of nitrogens with zero attached hydrogens (tertiary/aromatic N) is 2. The lowest BCUT2D eigenvalue weighted by Gasteiger charge is -2.32. The SMILES string of the molecule is O=C(NC1CCN(Cc2ccc(F)cc2)CC1)c1cccc([N+](=O)[O-])c1. The minimum Gasteiger partial charge on any atom is -0.349 e. The number of piperidine rings is 1. The highest BCUT2D eigenvalue weighted by Crippen LogP contribution is 2.16. The van der Waals surface area contributed by atoms with E-state index in [1.54, 1.807) is 18.2 Å². The van der Waals surface area contributed by atoms with Crippen LogP contribution in [0.25, 0.3) is 0 Å². The number of likely N-dealkylation sites (tertiary alicyclic amines) is 1. The summed E-state index contributed by atoms with van der Waals surface area (Å²) < 4.78 is 13.0. The fraction of sp³-hybridized carbons (Fsp3) is 0.316. The van der Waals surface area contributed by atoms with Gasteiger partial charge in [-0.2, -0.15) is 0 Å². The van der Waals surface area contributed by atoms with Gasteiger partial charge in [-0.25, -0.2) is 4.39 Å². The van der Waals surface area contributed by atoms with E-state index in [-0.39, 0.29) is 23.5 Å². The minimum atomic E-state index is -0.509. The fourth-order valence-corrected chi connectivity index (χ4v) is 3.11. The molecule has 0 bridgehead atoms. The number of hydrogen-bond acceptors (Lipinski definition) is 4. The molecule has 1 aliphatic rings. The van der Waals surface area contributed by atoms with Crippen molar-refractivity contribution in [2.24, 2.45) is 0 Å². The quantitative estimate of drug-likeness (QED) is 0.659. The normalized spacial score (nSPS) is 15.6. The van der Waals surface area contributed by atoms with Crippen molar-refractivity contribution < 1.29 is 14.1 Å². The zero-order valence-corrected chi connectivity index (χ0v) is 14.2. The third-order valence-electron chi connectivity index (χ3n) is 4.56. The monoisotopic (exact) mass is 357 g/mol. The molecule has 6 nitrogen and oxygen atoms in total. The van der Waals surface area contributed by atoms with Gasteiger partial charge in [-0.05, 0) is 36.6 Å². The van der Waals surface area contributed by atoms with Crippen molar-refractivity contribution in [2.45, 2.75) is 25.4 Å². The van der Waals surface area contributed by atoms with Crippen LogP contribution in [0.1, 0.15) is 28.8 Å². The summed E-state index contributed by atoms with van der Waals surface area (Å²) in [6, 6.07) is 12.3. The zero-order valence-electron chi connectivity index (χ0n) is 14.2. The average Bonchev–Trinajstić information content (AvgIpc) is 2.65. The molecule has 1 heterocycles. The average molecular weight is 357 g/mol. The molecule has 26 heavy (non-hydrogen) atoms. The maximum Gasteiger partial charge on any atom is 0.270 e. The summed E-state index contributed by atoms with van der Waals surface area (Å²) in [5.41, 5.74) is 1.27. The summed E-state index contributed by atoms with van der Waals surface area (Å²) in [5, 5.41) is 13.8. The van der Waals surface area contributed by atoms with Crippen molar-refractivity contribution in [1.29, 1.82) is 0 Å². The summed E-state index contributed by atoms with van der Waals surface area (Å²) in [4.78, 5) is 24.9. The number of nitro groups is 1. The van der Waals surface area contributed by atoms with Crippen LogP contribution >= 0.6 is 0 Å². The molecule has 0 radical (unpaired) electrons. The molecule has 0 spiro atoms. The van der Waals surface area contributed by atoms with Gasteiger partial charge in [-0.15, -0.1) is 0 Å². The highest BCUT2D eigenvalue weighted by Gasteiger charge is 2.22. The highest BCUT2D eigenvalue weighted by atomic mass is 19.1. The third kappa shape index (κ3) is 4.64. The van der Waals surface area contributed by atoms with Crippen LogP contribution in [0.5, 0.6) is 0 Å². The number of halogens is 1. The summed E-state index contributed by atoms with van der Waals surface area (Å²) in [7, 11) is 0. The van der Waals surface area contributed by atoms with Gasteiger partial charge < -0.3 is 5.32 Å². The summed E-state index contributed by atoms with van der Waals surface area (Å²) in [5.74, 6) is -0.526. The number of carbonyl (C=O) groups excluding carboxylic acids is 1. The van der Waals surface area contributed by atoms with Crippen LogP contribution in [0.3, 0.4) is 0 Å². The number of carbonyl (C=O) groups is 1. The first-order valence-corrected chi connectivity index (χ1v) is 8.53. The summed E-state index contributed by atoms with van der Waals surface area (Å²) in [6.45, 7) is 2.42. The maximum absolute atomic E-state index is 13.0. The molecule has 0 atom stereocenters. The molecule has 1 fully saturated rings. The Labute approximate surface area is 150 Å². The third-order valence-corrected chi connectivity index (χ3v) is 4.56. The second-order valence-corrected chi connectivity index (χ2v) is 6.46. The zero-order chi connectivity index (χ0) is 18.5. The van der Waals surface area contributed by atoms with Gasteiger partial charge in [0.15, 0.2) is 0 Å². The van der Waals surface area contributed by atoms with Crippen LogP contribution in [0.2, 0.25) is 0 Å². The van der Waals surface area contributed by atoms with E-state index in [4.69, 9.17) is 0 Å². The van der Waals surface area contributed by atoms with Gasteiger partial charge in [0.25, 0.3) is 11.6 Å². The highest BCUT2D eigenvalue weighted by molar-refractivity contribution is 5.95. The van der Waals surface area contributed by atoms with E-state index >= 15 is 0 Å². The summed E-state index contributed by atoms with van der Waals surface area (Å²) >= 11 is 0. The van der Waals surface area contributed by atoms with Crippen molar-refractivity contribution in [3.8, 4) is 0 Å². The largest absolute Gasteiger partial charge is 0.349 e. The van der Waals surface area contributed by atoms with Crippen LogP contribution < -0.4 is 5.32 Å². The molecule has 0 aromatic heterocycles. The predicted octanol–water partition coefficient (Wildman–Crippen LogP) is 3.13. The molecular formula is C19H20FN3O3. The molecule has 2 aromatic rings. The van der Waals surface area contributed by atoms with Gasteiger partial charge in [-0.3, -0.25) is 19.8 Å². The Morgan fingerprint density at radius 2 is 1.88 bits per heavy atom. The van der Waals surface area contributed by atoms with Gasteiger partial charge >= 0.3 is 0 Å². The van der Waals surface area contributed by atoms with Gasteiger partial charge in [0.05, 0.1) is 4.92 Å². The van der Waals surface area contributed by atoms with Crippen LogP contribution in [-0.4, -0.2) is 34.9 Å². The molecule has 3 rings (SSSR count). The van der Waals surface area contributed by atoms with Gasteiger partial charge in [0.1, 0.15) is 5.82 Å². The topological polar surface area (TPSA) is 75.5 Å². The van der Waals surface area contributed by atoms with Crippen molar-refractivity contribution in [2.75, 3.05) is 13.1 Å². The molecule has 1 N–H and O–H groups in total. The van der Waals surface area contributed by atoms with Crippen molar-refractivity contribution in [3.05, 3.63) is 75.6 Å². The molecule has 1 amide bonds. The van der Waals surface area contributed by atoms with Crippen LogP contribution in [0, 0.1) is 15.9 Å². The lowest BCUT2D eigenvalue weighted by atomic mass is 10.0. The lowest BCUT2D eigenvalue weighted by molar-refractivity contribution is -0.384. The smallest absolute Gasteiger partial charge is 0.270 e. The Kier molecular flexibility index (Phi) is 5.58. The lowest BCUT2D eigenvalue weighted by Crippen LogP contribution is -2.44. The Balaban J connectivity index is 1.50. The Morgan fingerprint density at radius 3 is 2.54 bits per heavy atom. The van der Waals surface area contributed by atoms with E-state index in [9.17, 15) is 19.3 Å². The first kappa shape index (κ1) is 18.0. The number of non-ortho nitro benzene ring substituents is 1. The van der Waals surface area contributed by atoms with E-state index in [0.29, 0.717) is 5.56 Å². The van der Waals surface area contributed by atoms with Gasteiger partial charge in [0, 0.05) is 43.4 Å². The van der Waals surface area contributed by atoms with Crippen LogP contribution in [0.4, 0.5) is 10.1 Å². The minimum absolute atomic E-state index is 0.0474. The van der Waals surface area contributed by atoms with Gasteiger partial charge in [0.2, 0.25) is 0 Å². The molecule has 7 heteroatoms. The van der Waals surface area contributed by atoms with Gasteiger partial charge in [-0.1, -0.05) is 18.2 Å². The van der Waals surface area contributed by atoms with Crippen molar-refractivity contribution in [1.82, 2.24) is 10.2 Å². The molecule has 0 aliphatic carbocycles. The second-order valence-electron chi connectivity index (χ2n) is 6.46. The number of nitrogens with one attached hydrogen (secondary N) is 1. The number of nitro benzene ring substituents is 1. The summed E-state index contributed by atoms with van der Waals surface area (Å²) in [6.07, 6.45) is 1.61. The number of amides is 1. The fourth-order valence-electron chi connectivity index (χ4n) is 3.11. The molecular weight excluding hydrogens is 337 g/mol. The van der Waals surface area contributed by atoms with E-state index in [2.05, 4.69) is 10.2 Å². The Bertz CT molecular complexity index is 787. The first-order chi connectivity index (χ1) is 12.5. The molecule has 1 aliphatic heterocycles. The van der Waals surface area contributed by atoms with E-state index in [0.717, 1.165) is 38.0 Å². The van der Waals surface area contributed by atoms with E-state index in [1.165, 1.54) is 30.3 Å². The van der Waals surface area contributed by atoms with Crippen molar-refractivity contribution in [3.63, 3.8) is 0 Å². The van der Waals surface area contributed by atoms with Crippen LogP contribution in [-0.2, 0) is 6.54 Å². The Morgan fingerprint density at radius 1 is 1.19 bits per heavy atom. The predicted molar refractivity (Wildman–Crippen MR) is 95.3 cm³/mol. The number of rotatable bonds is 5. The van der Waals surface area contributed by atoms with Crippen molar-refractivity contribution >= 4 is 11.6 Å². The number of hydrogen-bond donors (Lipinski definition) is 1. The van der Waals surface area contributed by atoms with E-state index < -0.39 is 4.92 Å². The Hall–Kier alpha value is -2.80. The first-order valence-electron chi connectivity index (χ1n) is 8.53. The molecule has 0 saturated carbocycles. The molecule has 2 aromatic carbocycles. The van der Waals surface area contributed by atoms with Crippen LogP contribution in [0.15, 0.2) is 48.5 Å². The second kappa shape index (κ2) is 8.05. The standard InChI is InChI=1S/C19H20FN3O3/c20-16-6-4-14(5-7-16)13-22-10-8-17(9-11-22)21-19(24)15-2-1-3-18(12-15)23(25)26/h1-7,12,17H,8-11,13H2,(H,21,24). The maximum atomic E-state index is 13.0. The molecule has 1 saturated heterocycles. The molecule has 136 valence electrons.